The smallest absolute Gasteiger partial charge is 0.309 e. The normalized spacial score (nSPS) is 9.67. The van der Waals surface area contributed by atoms with Crippen LogP contribution in [0.1, 0.15) is 22.5 Å². The number of nitrogens with zero attached hydrogens (tertiary/aromatic N) is 4. The lowest BCUT2D eigenvalue weighted by Gasteiger charge is -2.09. The van der Waals surface area contributed by atoms with Gasteiger partial charge < -0.3 is 9.30 Å². The van der Waals surface area contributed by atoms with Crippen LogP contribution in [0.4, 0.5) is 0 Å². The summed E-state index contributed by atoms with van der Waals surface area (Å²) in [6.07, 6.45) is 1.61. The van der Waals surface area contributed by atoms with Crippen LogP contribution in [0.5, 0.6) is 0 Å². The number of hydrogen-bond donors (Lipinski definition) is 0. The molecule has 6 heteroatoms. The molecule has 1 aromatic carbocycles. The van der Waals surface area contributed by atoms with E-state index in [1.165, 1.54) is 13.4 Å². The third-order valence-electron chi connectivity index (χ3n) is 3.07. The molecule has 0 bridgehead atoms. The van der Waals surface area contributed by atoms with Crippen LogP contribution >= 0.6 is 0 Å². The van der Waals surface area contributed by atoms with Gasteiger partial charge in [0.05, 0.1) is 26.4 Å². The van der Waals surface area contributed by atoms with Gasteiger partial charge in [-0.2, -0.15) is 10.5 Å². The van der Waals surface area contributed by atoms with Crippen molar-refractivity contribution in [2.45, 2.75) is 13.0 Å². The zero-order valence-electron chi connectivity index (χ0n) is 11.4. The minimum absolute atomic E-state index is 0.1000. The highest BCUT2D eigenvalue weighted by atomic mass is 16.5. The van der Waals surface area contributed by atoms with E-state index >= 15 is 0 Å². The maximum Gasteiger partial charge on any atom is 0.309 e. The second-order valence-electron chi connectivity index (χ2n) is 4.31. The maximum absolute atomic E-state index is 11.4. The van der Waals surface area contributed by atoms with Crippen LogP contribution in [0, 0.1) is 22.7 Å². The maximum atomic E-state index is 11.4. The van der Waals surface area contributed by atoms with Gasteiger partial charge in [0.1, 0.15) is 12.1 Å². The molecule has 0 N–H and O–H groups in total. The summed E-state index contributed by atoms with van der Waals surface area (Å²) >= 11 is 0. The van der Waals surface area contributed by atoms with Crippen LogP contribution in [0.15, 0.2) is 30.6 Å². The van der Waals surface area contributed by atoms with E-state index in [4.69, 9.17) is 10.5 Å². The second kappa shape index (κ2) is 6.36. The van der Waals surface area contributed by atoms with Gasteiger partial charge in [0.2, 0.25) is 0 Å². The summed E-state index contributed by atoms with van der Waals surface area (Å²) in [6.45, 7) is 0.366. The van der Waals surface area contributed by atoms with E-state index in [-0.39, 0.29) is 23.8 Å². The van der Waals surface area contributed by atoms with Gasteiger partial charge in [-0.05, 0) is 11.1 Å². The summed E-state index contributed by atoms with van der Waals surface area (Å²) in [5.41, 5.74) is 2.01. The number of aromatic nitrogens is 2. The highest BCUT2D eigenvalue weighted by Crippen LogP contribution is 2.14. The summed E-state index contributed by atoms with van der Waals surface area (Å²) in [7, 11) is 1.34. The molecule has 1 aromatic heterocycles. The highest BCUT2D eigenvalue weighted by Gasteiger charge is 2.13. The molecule has 104 valence electrons. The lowest BCUT2D eigenvalue weighted by atomic mass is 10.0. The Hall–Kier alpha value is -3.12. The molecule has 0 radical (unpaired) electrons. The molecule has 0 aliphatic carbocycles. The Morgan fingerprint density at radius 3 is 2.62 bits per heavy atom. The first-order valence-electron chi connectivity index (χ1n) is 6.18. The number of esters is 1. The number of ether oxygens (including phenoxy) is 1. The molecule has 6 nitrogen and oxygen atoms in total. The molecule has 2 aromatic rings. The summed E-state index contributed by atoms with van der Waals surface area (Å²) in [5, 5.41) is 18.0. The third kappa shape index (κ3) is 3.07. The summed E-state index contributed by atoms with van der Waals surface area (Å²) < 4.78 is 6.26. The Labute approximate surface area is 121 Å². The lowest BCUT2D eigenvalue weighted by molar-refractivity contribution is -0.139. The molecule has 0 aliphatic rings. The molecule has 0 aliphatic heterocycles. The lowest BCUT2D eigenvalue weighted by Crippen LogP contribution is -2.09. The molecule has 0 atom stereocenters. The molecule has 0 unspecified atom stereocenters. The van der Waals surface area contributed by atoms with E-state index in [0.717, 1.165) is 11.1 Å². The van der Waals surface area contributed by atoms with Crippen molar-refractivity contribution in [2.75, 3.05) is 7.11 Å². The predicted octanol–water partition coefficient (Wildman–Crippen LogP) is 1.39. The van der Waals surface area contributed by atoms with E-state index in [9.17, 15) is 4.79 Å². The SMILES string of the molecule is COC(=O)Cc1ccccc1Cn1cnc(C#N)c1C#N. The minimum Gasteiger partial charge on any atom is -0.469 e. The molecule has 1 heterocycles. The first kappa shape index (κ1) is 14.3. The molecule has 0 saturated heterocycles. The van der Waals surface area contributed by atoms with E-state index < -0.39 is 0 Å². The predicted molar refractivity (Wildman–Crippen MR) is 72.9 cm³/mol. The fraction of sp³-hybridized carbons (Fsp3) is 0.200. The van der Waals surface area contributed by atoms with Crippen molar-refractivity contribution in [3.8, 4) is 12.1 Å². The Kier molecular flexibility index (Phi) is 4.33. The van der Waals surface area contributed by atoms with Crippen molar-refractivity contribution in [1.29, 1.82) is 10.5 Å². The van der Waals surface area contributed by atoms with E-state index in [0.29, 0.717) is 6.54 Å². The number of carbonyl (C=O) groups is 1. The molecule has 2 rings (SSSR count). The average molecular weight is 280 g/mol. The Morgan fingerprint density at radius 1 is 1.29 bits per heavy atom. The van der Waals surface area contributed by atoms with E-state index in [2.05, 4.69) is 9.72 Å². The number of imidazole rings is 1. The summed E-state index contributed by atoms with van der Waals surface area (Å²) in [4.78, 5) is 15.3. The van der Waals surface area contributed by atoms with Crippen LogP contribution in [0.2, 0.25) is 0 Å². The minimum atomic E-state index is -0.327. The highest BCUT2D eigenvalue weighted by molar-refractivity contribution is 5.72. The number of methoxy groups -OCH3 is 1. The molecule has 0 amide bonds. The number of benzene rings is 1. The van der Waals surface area contributed by atoms with Gasteiger partial charge in [-0.3, -0.25) is 4.79 Å². The largest absolute Gasteiger partial charge is 0.469 e. The van der Waals surface area contributed by atoms with Gasteiger partial charge in [0.25, 0.3) is 0 Å². The number of hydrogen-bond acceptors (Lipinski definition) is 5. The average Bonchev–Trinajstić information content (AvgIpc) is 2.90. The summed E-state index contributed by atoms with van der Waals surface area (Å²) in [6, 6.07) is 11.2. The van der Waals surface area contributed by atoms with Crippen molar-refractivity contribution in [3.63, 3.8) is 0 Å². The van der Waals surface area contributed by atoms with Crippen molar-refractivity contribution in [2.24, 2.45) is 0 Å². The monoisotopic (exact) mass is 280 g/mol. The van der Waals surface area contributed by atoms with Crippen molar-refractivity contribution >= 4 is 5.97 Å². The standard InChI is InChI=1S/C15H12N4O2/c1-21-15(20)6-11-4-2-3-5-12(11)9-19-10-18-13(7-16)14(19)8-17/h2-5,10H,6,9H2,1H3. The van der Waals surface area contributed by atoms with Gasteiger partial charge in [-0.15, -0.1) is 0 Å². The van der Waals surface area contributed by atoms with Gasteiger partial charge in [-0.25, -0.2) is 4.98 Å². The van der Waals surface area contributed by atoms with Crippen molar-refractivity contribution in [1.82, 2.24) is 9.55 Å². The van der Waals surface area contributed by atoms with Crippen LogP contribution < -0.4 is 0 Å². The fourth-order valence-corrected chi connectivity index (χ4v) is 2.00. The van der Waals surface area contributed by atoms with Crippen LogP contribution in [0.25, 0.3) is 0 Å². The molecule has 21 heavy (non-hydrogen) atoms. The van der Waals surface area contributed by atoms with Gasteiger partial charge in [0.15, 0.2) is 11.4 Å². The topological polar surface area (TPSA) is 91.7 Å². The Morgan fingerprint density at radius 2 is 2.00 bits per heavy atom. The molecule has 0 fully saturated rings. The van der Waals surface area contributed by atoms with Crippen LogP contribution in [-0.4, -0.2) is 22.6 Å². The Bertz CT molecular complexity index is 750. The Balaban J connectivity index is 2.33. The fourth-order valence-electron chi connectivity index (χ4n) is 2.00. The van der Waals surface area contributed by atoms with Crippen molar-refractivity contribution in [3.05, 3.63) is 53.1 Å². The first-order valence-corrected chi connectivity index (χ1v) is 6.18. The first-order chi connectivity index (χ1) is 10.2. The van der Waals surface area contributed by atoms with E-state index in [1.807, 2.05) is 36.4 Å². The molecule has 0 spiro atoms. The molecular weight excluding hydrogens is 268 g/mol. The zero-order valence-corrected chi connectivity index (χ0v) is 11.4. The van der Waals surface area contributed by atoms with Crippen LogP contribution in [0.3, 0.4) is 0 Å². The number of nitriles is 2. The van der Waals surface area contributed by atoms with Gasteiger partial charge in [0, 0.05) is 0 Å². The van der Waals surface area contributed by atoms with Crippen molar-refractivity contribution < 1.29 is 9.53 Å². The number of rotatable bonds is 4. The zero-order chi connectivity index (χ0) is 15.2. The second-order valence-corrected chi connectivity index (χ2v) is 4.31. The van der Waals surface area contributed by atoms with E-state index in [1.54, 1.807) is 4.57 Å². The van der Waals surface area contributed by atoms with Crippen LogP contribution in [-0.2, 0) is 22.5 Å². The van der Waals surface area contributed by atoms with Gasteiger partial charge in [-0.1, -0.05) is 24.3 Å². The van der Waals surface area contributed by atoms with Gasteiger partial charge >= 0.3 is 5.97 Å². The quantitative estimate of drug-likeness (QED) is 0.789. The third-order valence-corrected chi connectivity index (χ3v) is 3.07. The summed E-state index contributed by atoms with van der Waals surface area (Å²) in [5.74, 6) is -0.327. The molecular formula is C15H12N4O2. The molecule has 0 saturated carbocycles. The number of carbonyl (C=O) groups excluding carboxylic acids is 1.